The lowest BCUT2D eigenvalue weighted by Crippen LogP contribution is -2.33. The number of aromatic nitrogens is 5. The van der Waals surface area contributed by atoms with E-state index >= 15 is 0 Å². The first-order valence-electron chi connectivity index (χ1n) is 9.73. The van der Waals surface area contributed by atoms with Crippen LogP contribution in [0.3, 0.4) is 0 Å². The number of nitrogens with zero attached hydrogens (tertiary/aromatic N) is 5. The Bertz CT molecular complexity index is 1180. The Balaban J connectivity index is 1.31. The SMILES string of the molecule is O=c1ccc(-c2ccncc2)nn1C1CCC(Nc2ncnc3sccc23)CC1. The average Bonchev–Trinajstić information content (AvgIpc) is 3.25. The van der Waals surface area contributed by atoms with Gasteiger partial charge in [-0.25, -0.2) is 14.6 Å². The van der Waals surface area contributed by atoms with Gasteiger partial charge in [-0.3, -0.25) is 9.78 Å². The minimum absolute atomic E-state index is 0.0463. The number of hydrogen-bond acceptors (Lipinski definition) is 7. The predicted molar refractivity (Wildman–Crippen MR) is 114 cm³/mol. The van der Waals surface area contributed by atoms with Crippen molar-refractivity contribution in [2.24, 2.45) is 0 Å². The van der Waals surface area contributed by atoms with E-state index < -0.39 is 0 Å². The van der Waals surface area contributed by atoms with Crippen molar-refractivity contribution in [3.8, 4) is 11.3 Å². The van der Waals surface area contributed by atoms with Crippen LogP contribution in [0.25, 0.3) is 21.5 Å². The van der Waals surface area contributed by atoms with Crippen molar-refractivity contribution in [3.63, 3.8) is 0 Å². The zero-order valence-electron chi connectivity index (χ0n) is 15.7. The van der Waals surface area contributed by atoms with Crippen LogP contribution < -0.4 is 10.9 Å². The molecule has 1 aliphatic carbocycles. The molecule has 0 radical (unpaired) electrons. The number of anilines is 1. The van der Waals surface area contributed by atoms with Gasteiger partial charge in [0.2, 0.25) is 0 Å². The quantitative estimate of drug-likeness (QED) is 0.555. The summed E-state index contributed by atoms with van der Waals surface area (Å²) < 4.78 is 1.66. The van der Waals surface area contributed by atoms with Crippen molar-refractivity contribution in [2.45, 2.75) is 37.8 Å². The van der Waals surface area contributed by atoms with E-state index in [0.717, 1.165) is 53.0 Å². The van der Waals surface area contributed by atoms with Gasteiger partial charge in [0.25, 0.3) is 5.56 Å². The van der Waals surface area contributed by atoms with Crippen LogP contribution in [0, 0.1) is 0 Å². The molecule has 146 valence electrons. The highest BCUT2D eigenvalue weighted by Crippen LogP contribution is 2.31. The van der Waals surface area contributed by atoms with Crippen molar-refractivity contribution in [2.75, 3.05) is 5.32 Å². The first-order chi connectivity index (χ1) is 14.3. The largest absolute Gasteiger partial charge is 0.367 e. The van der Waals surface area contributed by atoms with E-state index in [1.807, 2.05) is 17.5 Å². The highest BCUT2D eigenvalue weighted by Gasteiger charge is 2.24. The topological polar surface area (TPSA) is 85.6 Å². The number of hydrogen-bond donors (Lipinski definition) is 1. The number of fused-ring (bicyclic) bond motifs is 1. The van der Waals surface area contributed by atoms with E-state index in [9.17, 15) is 4.79 Å². The molecule has 0 bridgehead atoms. The third-order valence-corrected chi connectivity index (χ3v) is 6.27. The fourth-order valence-electron chi connectivity index (χ4n) is 3.93. The molecule has 0 aliphatic heterocycles. The molecule has 1 aliphatic rings. The minimum atomic E-state index is -0.0463. The Hall–Kier alpha value is -3.13. The van der Waals surface area contributed by atoms with Crippen LogP contribution in [0.4, 0.5) is 5.82 Å². The van der Waals surface area contributed by atoms with Crippen LogP contribution in [0.15, 0.2) is 59.2 Å². The lowest BCUT2D eigenvalue weighted by molar-refractivity contribution is 0.304. The van der Waals surface area contributed by atoms with Crippen LogP contribution in [0.5, 0.6) is 0 Å². The molecule has 0 unspecified atom stereocenters. The van der Waals surface area contributed by atoms with Gasteiger partial charge in [-0.2, -0.15) is 5.10 Å². The highest BCUT2D eigenvalue weighted by atomic mass is 32.1. The Morgan fingerprint density at radius 2 is 1.83 bits per heavy atom. The maximum atomic E-state index is 12.4. The fraction of sp³-hybridized carbons (Fsp3) is 0.286. The molecule has 4 aromatic heterocycles. The zero-order valence-corrected chi connectivity index (χ0v) is 16.5. The molecule has 1 N–H and O–H groups in total. The summed E-state index contributed by atoms with van der Waals surface area (Å²) >= 11 is 1.62. The van der Waals surface area contributed by atoms with Crippen molar-refractivity contribution in [3.05, 3.63) is 64.8 Å². The summed E-state index contributed by atoms with van der Waals surface area (Å²) in [7, 11) is 0. The fourth-order valence-corrected chi connectivity index (χ4v) is 4.66. The summed E-state index contributed by atoms with van der Waals surface area (Å²) in [4.78, 5) is 26.2. The zero-order chi connectivity index (χ0) is 19.6. The standard InChI is InChI=1S/C21H20N6OS/c28-19-6-5-18(14-7-10-22-11-8-14)26-27(19)16-3-1-15(2-4-16)25-20-17-9-12-29-21(17)24-13-23-20/h5-13,15-16H,1-4H2,(H,23,24,25). The Labute approximate surface area is 171 Å². The third-order valence-electron chi connectivity index (χ3n) is 5.45. The maximum Gasteiger partial charge on any atom is 0.267 e. The summed E-state index contributed by atoms with van der Waals surface area (Å²) in [5, 5.41) is 11.3. The molecule has 29 heavy (non-hydrogen) atoms. The van der Waals surface area contributed by atoms with Crippen LogP contribution in [-0.4, -0.2) is 30.8 Å². The molecule has 4 aromatic rings. The maximum absolute atomic E-state index is 12.4. The molecule has 0 amide bonds. The Kier molecular flexibility index (Phi) is 4.77. The number of thiophene rings is 1. The Morgan fingerprint density at radius 1 is 1.00 bits per heavy atom. The van der Waals surface area contributed by atoms with E-state index in [2.05, 4.69) is 31.4 Å². The van der Waals surface area contributed by atoms with Crippen LogP contribution in [-0.2, 0) is 0 Å². The molecule has 0 aromatic carbocycles. The summed E-state index contributed by atoms with van der Waals surface area (Å²) in [5.74, 6) is 0.898. The van der Waals surface area contributed by atoms with Crippen LogP contribution in [0.2, 0.25) is 0 Å². The van der Waals surface area contributed by atoms with Gasteiger partial charge < -0.3 is 5.32 Å². The molecule has 5 rings (SSSR count). The van der Waals surface area contributed by atoms with Crippen molar-refractivity contribution < 1.29 is 0 Å². The summed E-state index contributed by atoms with van der Waals surface area (Å²) in [5.41, 5.74) is 1.72. The first kappa shape index (κ1) is 17.9. The van der Waals surface area contributed by atoms with E-state index in [1.54, 1.807) is 46.9 Å². The van der Waals surface area contributed by atoms with E-state index in [1.165, 1.54) is 0 Å². The lowest BCUT2D eigenvalue weighted by Gasteiger charge is -2.30. The molecular formula is C21H20N6OS. The van der Waals surface area contributed by atoms with Crippen molar-refractivity contribution in [1.29, 1.82) is 0 Å². The Morgan fingerprint density at radius 3 is 2.66 bits per heavy atom. The average molecular weight is 404 g/mol. The number of rotatable bonds is 4. The van der Waals surface area contributed by atoms with Gasteiger partial charge in [0.05, 0.1) is 17.1 Å². The van der Waals surface area contributed by atoms with Gasteiger partial charge >= 0.3 is 0 Å². The molecule has 0 saturated heterocycles. The van der Waals surface area contributed by atoms with E-state index in [0.29, 0.717) is 6.04 Å². The molecule has 7 nitrogen and oxygen atoms in total. The third kappa shape index (κ3) is 3.63. The van der Waals surface area contributed by atoms with Crippen molar-refractivity contribution in [1.82, 2.24) is 24.7 Å². The second kappa shape index (κ2) is 7.71. The number of nitrogens with one attached hydrogen (secondary N) is 1. The predicted octanol–water partition coefficient (Wildman–Crippen LogP) is 3.91. The summed E-state index contributed by atoms with van der Waals surface area (Å²) in [6, 6.07) is 9.72. The minimum Gasteiger partial charge on any atom is -0.367 e. The molecule has 1 fully saturated rings. The van der Waals surface area contributed by atoms with Crippen LogP contribution >= 0.6 is 11.3 Å². The van der Waals surface area contributed by atoms with E-state index in [4.69, 9.17) is 0 Å². The summed E-state index contributed by atoms with van der Waals surface area (Å²) in [6.45, 7) is 0. The van der Waals surface area contributed by atoms with Gasteiger partial charge in [-0.15, -0.1) is 11.3 Å². The second-order valence-corrected chi connectivity index (χ2v) is 8.14. The van der Waals surface area contributed by atoms with E-state index in [-0.39, 0.29) is 11.6 Å². The first-order valence-corrected chi connectivity index (χ1v) is 10.6. The number of pyridine rings is 1. The van der Waals surface area contributed by atoms with Crippen molar-refractivity contribution >= 4 is 27.4 Å². The molecular weight excluding hydrogens is 384 g/mol. The monoisotopic (exact) mass is 404 g/mol. The molecule has 8 heteroatoms. The smallest absolute Gasteiger partial charge is 0.267 e. The summed E-state index contributed by atoms with van der Waals surface area (Å²) in [6.07, 6.45) is 8.83. The highest BCUT2D eigenvalue weighted by molar-refractivity contribution is 7.16. The van der Waals surface area contributed by atoms with Gasteiger partial charge in [-0.1, -0.05) is 0 Å². The molecule has 4 heterocycles. The lowest BCUT2D eigenvalue weighted by atomic mass is 9.91. The molecule has 1 saturated carbocycles. The molecule has 0 spiro atoms. The second-order valence-electron chi connectivity index (χ2n) is 7.25. The van der Waals surface area contributed by atoms with Gasteiger partial charge in [0, 0.05) is 30.1 Å². The van der Waals surface area contributed by atoms with Gasteiger partial charge in [0.15, 0.2) is 0 Å². The van der Waals surface area contributed by atoms with Gasteiger partial charge in [-0.05, 0) is 55.3 Å². The normalized spacial score (nSPS) is 19.3. The van der Waals surface area contributed by atoms with Gasteiger partial charge in [0.1, 0.15) is 17.0 Å². The molecule has 0 atom stereocenters. The van der Waals surface area contributed by atoms with Crippen LogP contribution in [0.1, 0.15) is 31.7 Å².